The minimum Gasteiger partial charge on any atom is -0.495 e. The lowest BCUT2D eigenvalue weighted by Crippen LogP contribution is -2.27. The fraction of sp³-hybridized carbons (Fsp3) is 0.444. The van der Waals surface area contributed by atoms with Crippen molar-refractivity contribution in [2.45, 2.75) is 33.6 Å². The maximum Gasteiger partial charge on any atom is 0.227 e. The monoisotopic (exact) mass is 314 g/mol. The number of ether oxygens (including phenoxy) is 1. The minimum absolute atomic E-state index is 0.769. The fourth-order valence-electron chi connectivity index (χ4n) is 2.48. The van der Waals surface area contributed by atoms with Gasteiger partial charge in [-0.2, -0.15) is 4.98 Å². The zero-order valence-electron chi connectivity index (χ0n) is 14.5. The Labute approximate surface area is 138 Å². The Morgan fingerprint density at radius 3 is 2.52 bits per heavy atom. The van der Waals surface area contributed by atoms with E-state index in [1.165, 1.54) is 5.56 Å². The quantitative estimate of drug-likeness (QED) is 0.792. The summed E-state index contributed by atoms with van der Waals surface area (Å²) >= 11 is 0. The van der Waals surface area contributed by atoms with Gasteiger partial charge in [-0.15, -0.1) is 0 Å². The smallest absolute Gasteiger partial charge is 0.227 e. The van der Waals surface area contributed by atoms with Crippen LogP contribution in [-0.2, 0) is 0 Å². The molecule has 1 aromatic carbocycles. The molecule has 0 atom stereocenters. The van der Waals surface area contributed by atoms with Crippen LogP contribution in [-0.4, -0.2) is 30.2 Å². The molecule has 0 fully saturated rings. The van der Waals surface area contributed by atoms with Gasteiger partial charge in [-0.05, 0) is 43.5 Å². The van der Waals surface area contributed by atoms with Crippen LogP contribution in [0.3, 0.4) is 0 Å². The Kier molecular flexibility index (Phi) is 6.20. The van der Waals surface area contributed by atoms with Crippen molar-refractivity contribution in [1.29, 1.82) is 0 Å². The summed E-state index contributed by atoms with van der Waals surface area (Å²) in [6, 6.07) is 7.91. The summed E-state index contributed by atoms with van der Waals surface area (Å²) in [6.45, 7) is 8.32. The molecule has 1 N–H and O–H groups in total. The van der Waals surface area contributed by atoms with Gasteiger partial charge in [-0.1, -0.05) is 19.9 Å². The predicted octanol–water partition coefficient (Wildman–Crippen LogP) is 4.16. The van der Waals surface area contributed by atoms with E-state index in [1.54, 1.807) is 13.3 Å². The highest BCUT2D eigenvalue weighted by Crippen LogP contribution is 2.28. The van der Waals surface area contributed by atoms with Gasteiger partial charge in [0.15, 0.2) is 0 Å². The van der Waals surface area contributed by atoms with E-state index >= 15 is 0 Å². The van der Waals surface area contributed by atoms with Gasteiger partial charge in [0.2, 0.25) is 5.95 Å². The first-order chi connectivity index (χ1) is 11.2. The van der Waals surface area contributed by atoms with Gasteiger partial charge in [-0.25, -0.2) is 4.98 Å². The zero-order valence-corrected chi connectivity index (χ0v) is 14.5. The second kappa shape index (κ2) is 8.36. The first-order valence-electron chi connectivity index (χ1n) is 8.17. The molecule has 0 aliphatic carbocycles. The molecule has 0 aliphatic rings. The van der Waals surface area contributed by atoms with Crippen LogP contribution in [0.25, 0.3) is 0 Å². The molecule has 0 amide bonds. The highest BCUT2D eigenvalue weighted by atomic mass is 16.5. The SMILES string of the molecule is CCCN(CCC)c1nccc(Nc2cc(C)ccc2OC)n1. The molecule has 0 unspecified atom stereocenters. The summed E-state index contributed by atoms with van der Waals surface area (Å²) in [7, 11) is 1.67. The summed E-state index contributed by atoms with van der Waals surface area (Å²) in [4.78, 5) is 11.3. The Morgan fingerprint density at radius 2 is 1.87 bits per heavy atom. The van der Waals surface area contributed by atoms with Crippen LogP contribution in [0.1, 0.15) is 32.3 Å². The van der Waals surface area contributed by atoms with Crippen molar-refractivity contribution in [2.24, 2.45) is 0 Å². The van der Waals surface area contributed by atoms with Crippen LogP contribution in [0.2, 0.25) is 0 Å². The van der Waals surface area contributed by atoms with E-state index in [9.17, 15) is 0 Å². The van der Waals surface area contributed by atoms with Crippen LogP contribution in [0.5, 0.6) is 5.75 Å². The predicted molar refractivity (Wildman–Crippen MR) is 95.8 cm³/mol. The Bertz CT molecular complexity index is 624. The molecular formula is C18H26N4O. The molecule has 0 radical (unpaired) electrons. The molecule has 1 aromatic heterocycles. The molecule has 2 rings (SSSR count). The molecule has 5 heteroatoms. The molecule has 124 valence electrons. The van der Waals surface area contributed by atoms with E-state index in [0.717, 1.165) is 49.1 Å². The van der Waals surface area contributed by atoms with Crippen LogP contribution < -0.4 is 15.0 Å². The number of aromatic nitrogens is 2. The molecule has 0 saturated carbocycles. The molecule has 23 heavy (non-hydrogen) atoms. The first kappa shape index (κ1) is 17.1. The molecule has 5 nitrogen and oxygen atoms in total. The van der Waals surface area contributed by atoms with E-state index in [0.29, 0.717) is 0 Å². The summed E-state index contributed by atoms with van der Waals surface area (Å²) in [5.41, 5.74) is 2.08. The molecule has 0 saturated heterocycles. The van der Waals surface area contributed by atoms with Crippen molar-refractivity contribution in [1.82, 2.24) is 9.97 Å². The van der Waals surface area contributed by atoms with Crippen molar-refractivity contribution < 1.29 is 4.74 Å². The van der Waals surface area contributed by atoms with Gasteiger partial charge in [-0.3, -0.25) is 0 Å². The van der Waals surface area contributed by atoms with Crippen LogP contribution in [0.4, 0.5) is 17.5 Å². The van der Waals surface area contributed by atoms with Crippen molar-refractivity contribution >= 4 is 17.5 Å². The second-order valence-corrected chi connectivity index (χ2v) is 5.56. The number of hydrogen-bond donors (Lipinski definition) is 1. The van der Waals surface area contributed by atoms with Gasteiger partial charge in [0.05, 0.1) is 12.8 Å². The van der Waals surface area contributed by atoms with Gasteiger partial charge in [0.1, 0.15) is 11.6 Å². The average Bonchev–Trinajstić information content (AvgIpc) is 2.55. The van der Waals surface area contributed by atoms with Crippen LogP contribution in [0, 0.1) is 6.92 Å². The third kappa shape index (κ3) is 4.58. The number of benzene rings is 1. The van der Waals surface area contributed by atoms with Gasteiger partial charge >= 0.3 is 0 Å². The van der Waals surface area contributed by atoms with E-state index in [4.69, 9.17) is 4.74 Å². The number of aryl methyl sites for hydroxylation is 1. The molecule has 0 bridgehead atoms. The molecule has 1 heterocycles. The van der Waals surface area contributed by atoms with E-state index < -0.39 is 0 Å². The van der Waals surface area contributed by atoms with Crippen LogP contribution in [0.15, 0.2) is 30.5 Å². The first-order valence-corrected chi connectivity index (χ1v) is 8.17. The standard InChI is InChI=1S/C18H26N4O/c1-5-11-22(12-6-2)18-19-10-9-17(21-18)20-15-13-14(3)7-8-16(15)23-4/h7-10,13H,5-6,11-12H2,1-4H3,(H,19,20,21). The van der Waals surface area contributed by atoms with Gasteiger partial charge in [0.25, 0.3) is 0 Å². The largest absolute Gasteiger partial charge is 0.495 e. The maximum absolute atomic E-state index is 5.41. The number of methoxy groups -OCH3 is 1. The van der Waals surface area contributed by atoms with Crippen molar-refractivity contribution in [2.75, 3.05) is 30.4 Å². The lowest BCUT2D eigenvalue weighted by Gasteiger charge is -2.21. The lowest BCUT2D eigenvalue weighted by molar-refractivity contribution is 0.416. The molecule has 2 aromatic rings. The van der Waals surface area contributed by atoms with Crippen molar-refractivity contribution in [3.63, 3.8) is 0 Å². The normalized spacial score (nSPS) is 10.4. The Hall–Kier alpha value is -2.30. The van der Waals surface area contributed by atoms with E-state index in [2.05, 4.69) is 47.0 Å². The number of nitrogens with zero attached hydrogens (tertiary/aromatic N) is 3. The third-order valence-corrected chi connectivity index (χ3v) is 3.53. The average molecular weight is 314 g/mol. The number of rotatable bonds is 8. The van der Waals surface area contributed by atoms with Gasteiger partial charge < -0.3 is 15.0 Å². The van der Waals surface area contributed by atoms with Crippen molar-refractivity contribution in [3.8, 4) is 5.75 Å². The summed E-state index contributed by atoms with van der Waals surface area (Å²) in [5.74, 6) is 2.34. The molecule has 0 spiro atoms. The summed E-state index contributed by atoms with van der Waals surface area (Å²) in [5, 5.41) is 3.34. The maximum atomic E-state index is 5.41. The van der Waals surface area contributed by atoms with E-state index in [1.807, 2.05) is 18.2 Å². The van der Waals surface area contributed by atoms with Gasteiger partial charge in [0, 0.05) is 19.3 Å². The minimum atomic E-state index is 0.769. The Balaban J connectivity index is 2.24. The zero-order chi connectivity index (χ0) is 16.7. The third-order valence-electron chi connectivity index (χ3n) is 3.53. The molecule has 0 aliphatic heterocycles. The van der Waals surface area contributed by atoms with E-state index in [-0.39, 0.29) is 0 Å². The molecular weight excluding hydrogens is 288 g/mol. The highest BCUT2D eigenvalue weighted by molar-refractivity contribution is 5.65. The fourth-order valence-corrected chi connectivity index (χ4v) is 2.48. The second-order valence-electron chi connectivity index (χ2n) is 5.56. The van der Waals surface area contributed by atoms with Crippen molar-refractivity contribution in [3.05, 3.63) is 36.0 Å². The Morgan fingerprint density at radius 1 is 1.13 bits per heavy atom. The highest BCUT2D eigenvalue weighted by Gasteiger charge is 2.10. The number of nitrogens with one attached hydrogen (secondary N) is 1. The number of hydrogen-bond acceptors (Lipinski definition) is 5. The number of anilines is 3. The van der Waals surface area contributed by atoms with Crippen LogP contribution >= 0.6 is 0 Å². The topological polar surface area (TPSA) is 50.3 Å². The lowest BCUT2D eigenvalue weighted by atomic mass is 10.2. The summed E-state index contributed by atoms with van der Waals surface area (Å²) in [6.07, 6.45) is 3.95. The summed E-state index contributed by atoms with van der Waals surface area (Å²) < 4.78 is 5.41.